The van der Waals surface area contributed by atoms with Crippen LogP contribution >= 0.6 is 27.3 Å². The Morgan fingerprint density at radius 1 is 1.56 bits per heavy atom. The lowest BCUT2D eigenvalue weighted by molar-refractivity contribution is -0.383. The van der Waals surface area contributed by atoms with Gasteiger partial charge in [-0.1, -0.05) is 35.3 Å². The van der Waals surface area contributed by atoms with E-state index in [2.05, 4.69) is 27.8 Å². The number of hydrogen-bond acceptors (Lipinski definition) is 4. The third-order valence-corrected chi connectivity index (χ3v) is 4.36. The first-order valence-corrected chi connectivity index (χ1v) is 7.56. The van der Waals surface area contributed by atoms with Gasteiger partial charge in [0.15, 0.2) is 5.52 Å². The molecule has 18 heavy (non-hydrogen) atoms. The average molecular weight is 329 g/mol. The standard InChI is InChI=1S/C12H13BrN2O2S/c1-2-3-9(13)6-8-4-5-10-11(14-7-18-10)12(8)15(16)17/h4-5,7,9H,2-3,6H2,1H3. The molecule has 0 amide bonds. The van der Waals surface area contributed by atoms with Crippen LogP contribution in [-0.4, -0.2) is 14.7 Å². The third kappa shape index (κ3) is 2.70. The van der Waals surface area contributed by atoms with Gasteiger partial charge in [-0.05, 0) is 18.9 Å². The summed E-state index contributed by atoms with van der Waals surface area (Å²) in [4.78, 5) is 15.3. The molecular weight excluding hydrogens is 316 g/mol. The zero-order chi connectivity index (χ0) is 13.1. The van der Waals surface area contributed by atoms with Crippen LogP contribution in [-0.2, 0) is 6.42 Å². The highest BCUT2D eigenvalue weighted by molar-refractivity contribution is 9.09. The summed E-state index contributed by atoms with van der Waals surface area (Å²) in [5.74, 6) is 0. The van der Waals surface area contributed by atoms with E-state index in [-0.39, 0.29) is 15.4 Å². The van der Waals surface area contributed by atoms with Crippen LogP contribution in [0.5, 0.6) is 0 Å². The Hall–Kier alpha value is -1.01. The topological polar surface area (TPSA) is 56.0 Å². The highest BCUT2D eigenvalue weighted by Crippen LogP contribution is 2.32. The second kappa shape index (κ2) is 5.75. The van der Waals surface area contributed by atoms with E-state index in [1.165, 1.54) is 11.3 Å². The molecular formula is C12H13BrN2O2S. The number of rotatable bonds is 5. The molecule has 1 atom stereocenters. The first-order chi connectivity index (χ1) is 8.63. The number of fused-ring (bicyclic) bond motifs is 1. The van der Waals surface area contributed by atoms with E-state index in [0.29, 0.717) is 11.9 Å². The second-order valence-electron chi connectivity index (χ2n) is 4.12. The molecule has 96 valence electrons. The number of alkyl halides is 1. The van der Waals surface area contributed by atoms with Gasteiger partial charge in [-0.25, -0.2) is 4.98 Å². The van der Waals surface area contributed by atoms with E-state index in [1.54, 1.807) is 5.51 Å². The van der Waals surface area contributed by atoms with Crippen molar-refractivity contribution < 1.29 is 4.92 Å². The van der Waals surface area contributed by atoms with E-state index in [1.807, 2.05) is 12.1 Å². The number of nitro benzene ring substituents is 1. The summed E-state index contributed by atoms with van der Waals surface area (Å²) in [6, 6.07) is 3.77. The molecule has 0 bridgehead atoms. The maximum Gasteiger partial charge on any atom is 0.299 e. The molecule has 0 fully saturated rings. The molecule has 4 nitrogen and oxygen atoms in total. The number of halogens is 1. The van der Waals surface area contributed by atoms with Gasteiger partial charge >= 0.3 is 0 Å². The Labute approximate surface area is 117 Å². The molecule has 0 aliphatic rings. The first-order valence-electron chi connectivity index (χ1n) is 5.77. The minimum absolute atomic E-state index is 0.161. The molecule has 0 radical (unpaired) electrons. The van der Waals surface area contributed by atoms with Gasteiger partial charge in [-0.3, -0.25) is 10.1 Å². The van der Waals surface area contributed by atoms with Gasteiger partial charge in [0.2, 0.25) is 0 Å². The highest BCUT2D eigenvalue weighted by atomic mass is 79.9. The quantitative estimate of drug-likeness (QED) is 0.466. The summed E-state index contributed by atoms with van der Waals surface area (Å²) >= 11 is 5.00. The molecule has 0 saturated heterocycles. The molecule has 0 spiro atoms. The first kappa shape index (κ1) is 13.4. The van der Waals surface area contributed by atoms with Crippen LogP contribution in [0.15, 0.2) is 17.6 Å². The number of nitrogens with zero attached hydrogens (tertiary/aromatic N) is 2. The summed E-state index contributed by atoms with van der Waals surface area (Å²) in [5, 5.41) is 11.2. The van der Waals surface area contributed by atoms with Crippen molar-refractivity contribution in [2.24, 2.45) is 0 Å². The van der Waals surface area contributed by atoms with E-state index in [9.17, 15) is 10.1 Å². The largest absolute Gasteiger partial charge is 0.299 e. The van der Waals surface area contributed by atoms with Gasteiger partial charge in [-0.15, -0.1) is 11.3 Å². The Bertz CT molecular complexity index is 570. The number of hydrogen-bond donors (Lipinski definition) is 0. The second-order valence-corrected chi connectivity index (χ2v) is 6.30. The Morgan fingerprint density at radius 2 is 2.33 bits per heavy atom. The SMILES string of the molecule is CCCC(Br)Cc1ccc2scnc2c1[N+](=O)[O-]. The summed E-state index contributed by atoms with van der Waals surface area (Å²) in [6.07, 6.45) is 2.73. The molecule has 2 rings (SSSR count). The van der Waals surface area contributed by atoms with Crippen molar-refractivity contribution in [3.63, 3.8) is 0 Å². The Morgan fingerprint density at radius 3 is 3.00 bits per heavy atom. The minimum Gasteiger partial charge on any atom is -0.258 e. The third-order valence-electron chi connectivity index (χ3n) is 2.79. The Balaban J connectivity index is 2.43. The molecule has 1 aromatic heterocycles. The fourth-order valence-electron chi connectivity index (χ4n) is 1.98. The van der Waals surface area contributed by atoms with E-state index in [4.69, 9.17) is 0 Å². The van der Waals surface area contributed by atoms with Crippen LogP contribution in [0.4, 0.5) is 5.69 Å². The van der Waals surface area contributed by atoms with Crippen molar-refractivity contribution in [2.75, 3.05) is 0 Å². The minimum atomic E-state index is -0.316. The summed E-state index contributed by atoms with van der Waals surface area (Å²) < 4.78 is 0.868. The van der Waals surface area contributed by atoms with Crippen LogP contribution in [0.3, 0.4) is 0 Å². The lowest BCUT2D eigenvalue weighted by Gasteiger charge is -2.08. The van der Waals surface area contributed by atoms with Crippen molar-refractivity contribution in [3.05, 3.63) is 33.3 Å². The molecule has 0 aliphatic carbocycles. The maximum atomic E-state index is 11.2. The zero-order valence-corrected chi connectivity index (χ0v) is 12.3. The van der Waals surface area contributed by atoms with Gasteiger partial charge in [-0.2, -0.15) is 0 Å². The molecule has 0 N–H and O–H groups in total. The van der Waals surface area contributed by atoms with Crippen LogP contribution in [0.1, 0.15) is 25.3 Å². The van der Waals surface area contributed by atoms with Crippen molar-refractivity contribution in [1.82, 2.24) is 4.98 Å². The van der Waals surface area contributed by atoms with E-state index in [0.717, 1.165) is 23.1 Å². The normalized spacial score (nSPS) is 12.8. The van der Waals surface area contributed by atoms with E-state index < -0.39 is 0 Å². The summed E-state index contributed by atoms with van der Waals surface area (Å²) in [7, 11) is 0. The predicted molar refractivity (Wildman–Crippen MR) is 77.6 cm³/mol. The van der Waals surface area contributed by atoms with Gasteiger partial charge in [0.1, 0.15) is 0 Å². The monoisotopic (exact) mass is 328 g/mol. The molecule has 0 aliphatic heterocycles. The van der Waals surface area contributed by atoms with Gasteiger partial charge in [0.05, 0.1) is 15.1 Å². The zero-order valence-electron chi connectivity index (χ0n) is 9.93. The lowest BCUT2D eigenvalue weighted by Crippen LogP contribution is -2.05. The van der Waals surface area contributed by atoms with Crippen LogP contribution in [0, 0.1) is 10.1 Å². The molecule has 1 heterocycles. The van der Waals surface area contributed by atoms with Gasteiger partial charge < -0.3 is 0 Å². The fraction of sp³-hybridized carbons (Fsp3) is 0.417. The van der Waals surface area contributed by atoms with E-state index >= 15 is 0 Å². The number of thiazole rings is 1. The maximum absolute atomic E-state index is 11.2. The van der Waals surface area contributed by atoms with Crippen LogP contribution < -0.4 is 0 Å². The molecule has 1 aromatic carbocycles. The van der Waals surface area contributed by atoms with Crippen LogP contribution in [0.2, 0.25) is 0 Å². The van der Waals surface area contributed by atoms with Gasteiger partial charge in [0, 0.05) is 10.4 Å². The molecule has 2 aromatic rings. The van der Waals surface area contributed by atoms with Crippen molar-refractivity contribution in [1.29, 1.82) is 0 Å². The van der Waals surface area contributed by atoms with Gasteiger partial charge in [0.25, 0.3) is 5.69 Å². The summed E-state index contributed by atoms with van der Waals surface area (Å²) in [5.41, 5.74) is 3.08. The molecule has 6 heteroatoms. The smallest absolute Gasteiger partial charge is 0.258 e. The predicted octanol–water partition coefficient (Wildman–Crippen LogP) is 4.31. The molecule has 0 saturated carbocycles. The highest BCUT2D eigenvalue weighted by Gasteiger charge is 2.21. The number of benzene rings is 1. The van der Waals surface area contributed by atoms with Crippen molar-refractivity contribution in [2.45, 2.75) is 31.0 Å². The average Bonchev–Trinajstić information content (AvgIpc) is 2.76. The lowest BCUT2D eigenvalue weighted by atomic mass is 10.0. The van der Waals surface area contributed by atoms with Crippen molar-refractivity contribution in [3.8, 4) is 0 Å². The number of aromatic nitrogens is 1. The Kier molecular flexibility index (Phi) is 4.29. The fourth-order valence-corrected chi connectivity index (χ4v) is 3.47. The number of nitro groups is 1. The van der Waals surface area contributed by atoms with Crippen LogP contribution in [0.25, 0.3) is 10.2 Å². The van der Waals surface area contributed by atoms with Crippen molar-refractivity contribution >= 4 is 43.2 Å². The summed E-state index contributed by atoms with van der Waals surface area (Å²) in [6.45, 7) is 2.10. The molecule has 1 unspecified atom stereocenters.